The molecule has 0 aliphatic carbocycles. The minimum atomic E-state index is -1.05. The van der Waals surface area contributed by atoms with Crippen LogP contribution >= 0.6 is 22.9 Å². The number of nitriles is 1. The van der Waals surface area contributed by atoms with Gasteiger partial charge in [-0.25, -0.2) is 4.79 Å². The Morgan fingerprint density at radius 1 is 1.59 bits per heavy atom. The molecule has 86 valence electrons. The van der Waals surface area contributed by atoms with Crippen molar-refractivity contribution in [1.29, 1.82) is 5.26 Å². The average Bonchev–Trinajstić information content (AvgIpc) is 2.64. The lowest BCUT2D eigenvalue weighted by Gasteiger charge is -2.00. The topological polar surface area (TPSA) is 70.3 Å². The van der Waals surface area contributed by atoms with Crippen molar-refractivity contribution in [3.63, 3.8) is 0 Å². The molecule has 0 saturated heterocycles. The quantitative estimate of drug-likeness (QED) is 0.927. The molecular formula is C11H6ClNO3S. The Bertz CT molecular complexity index is 629. The van der Waals surface area contributed by atoms with Crippen LogP contribution in [0, 0.1) is 11.3 Å². The highest BCUT2D eigenvalue weighted by Crippen LogP contribution is 2.37. The van der Waals surface area contributed by atoms with Crippen LogP contribution in [0.25, 0.3) is 10.1 Å². The summed E-state index contributed by atoms with van der Waals surface area (Å²) in [4.78, 5) is 11.0. The van der Waals surface area contributed by atoms with E-state index in [9.17, 15) is 4.79 Å². The van der Waals surface area contributed by atoms with Crippen molar-refractivity contribution < 1.29 is 14.6 Å². The Balaban J connectivity index is 2.49. The van der Waals surface area contributed by atoms with E-state index in [1.165, 1.54) is 0 Å². The summed E-state index contributed by atoms with van der Waals surface area (Å²) >= 11 is 7.03. The van der Waals surface area contributed by atoms with Crippen LogP contribution in [-0.4, -0.2) is 17.7 Å². The molecule has 0 unspecified atom stereocenters. The minimum absolute atomic E-state index is 0.0452. The van der Waals surface area contributed by atoms with E-state index in [0.717, 1.165) is 16.0 Å². The van der Waals surface area contributed by atoms with Gasteiger partial charge in [-0.05, 0) is 18.2 Å². The zero-order valence-electron chi connectivity index (χ0n) is 8.44. The molecule has 0 atom stereocenters. The lowest BCUT2D eigenvalue weighted by atomic mass is 10.2. The number of aromatic carboxylic acids is 1. The molecule has 0 spiro atoms. The summed E-state index contributed by atoms with van der Waals surface area (Å²) in [5.41, 5.74) is 0. The zero-order chi connectivity index (χ0) is 12.4. The largest absolute Gasteiger partial charge is 0.479 e. The lowest BCUT2D eigenvalue weighted by molar-refractivity contribution is 0.0702. The maximum absolute atomic E-state index is 10.9. The standard InChI is InChI=1S/C11H6ClNO3S/c12-9-7-2-1-6(16-4-3-13)5-8(7)17-10(9)11(14)15/h1-2,5H,4H2,(H,14,15). The van der Waals surface area contributed by atoms with Crippen LogP contribution in [0.15, 0.2) is 18.2 Å². The summed E-state index contributed by atoms with van der Waals surface area (Å²) in [6.07, 6.45) is 0. The monoisotopic (exact) mass is 267 g/mol. The number of benzene rings is 1. The smallest absolute Gasteiger partial charge is 0.347 e. The van der Waals surface area contributed by atoms with Crippen molar-refractivity contribution in [2.24, 2.45) is 0 Å². The first kappa shape index (κ1) is 11.7. The molecule has 4 nitrogen and oxygen atoms in total. The molecule has 1 aromatic heterocycles. The molecule has 0 radical (unpaired) electrons. The number of hydrogen-bond donors (Lipinski definition) is 1. The number of carboxylic acids is 1. The molecule has 1 heterocycles. The van der Waals surface area contributed by atoms with Crippen molar-refractivity contribution >= 4 is 39.0 Å². The van der Waals surface area contributed by atoms with Crippen molar-refractivity contribution in [3.8, 4) is 11.8 Å². The molecular weight excluding hydrogens is 262 g/mol. The normalized spacial score (nSPS) is 10.1. The molecule has 1 aromatic carbocycles. The molecule has 0 aliphatic rings. The fraction of sp³-hybridized carbons (Fsp3) is 0.0909. The third-order valence-electron chi connectivity index (χ3n) is 2.10. The second-order valence-electron chi connectivity index (χ2n) is 3.16. The lowest BCUT2D eigenvalue weighted by Crippen LogP contribution is -1.92. The molecule has 1 N–H and O–H groups in total. The second kappa shape index (κ2) is 4.62. The Morgan fingerprint density at radius 2 is 2.35 bits per heavy atom. The number of thiophene rings is 1. The fourth-order valence-electron chi connectivity index (χ4n) is 1.39. The molecule has 0 bridgehead atoms. The summed E-state index contributed by atoms with van der Waals surface area (Å²) in [7, 11) is 0. The predicted molar refractivity (Wildman–Crippen MR) is 64.9 cm³/mol. The number of carbonyl (C=O) groups is 1. The van der Waals surface area contributed by atoms with Crippen LogP contribution in [0.1, 0.15) is 9.67 Å². The molecule has 0 amide bonds. The van der Waals surface area contributed by atoms with Gasteiger partial charge in [0.2, 0.25) is 0 Å². The Kier molecular flexibility index (Phi) is 3.18. The zero-order valence-corrected chi connectivity index (χ0v) is 10.0. The second-order valence-corrected chi connectivity index (χ2v) is 4.59. The van der Waals surface area contributed by atoms with E-state index >= 15 is 0 Å². The first-order valence-corrected chi connectivity index (χ1v) is 5.78. The first-order chi connectivity index (χ1) is 8.13. The van der Waals surface area contributed by atoms with Gasteiger partial charge in [0.15, 0.2) is 6.61 Å². The van der Waals surface area contributed by atoms with Gasteiger partial charge in [-0.3, -0.25) is 0 Å². The van der Waals surface area contributed by atoms with Crippen molar-refractivity contribution in [3.05, 3.63) is 28.1 Å². The third-order valence-corrected chi connectivity index (χ3v) is 3.74. The van der Waals surface area contributed by atoms with Gasteiger partial charge in [-0.2, -0.15) is 5.26 Å². The van der Waals surface area contributed by atoms with Crippen LogP contribution in [0.4, 0.5) is 0 Å². The summed E-state index contributed by atoms with van der Waals surface area (Å²) in [5, 5.41) is 18.2. The Labute approximate surface area is 106 Å². The average molecular weight is 268 g/mol. The van der Waals surface area contributed by atoms with Gasteiger partial charge >= 0.3 is 5.97 Å². The third kappa shape index (κ3) is 2.18. The van der Waals surface area contributed by atoms with Crippen molar-refractivity contribution in [2.45, 2.75) is 0 Å². The van der Waals surface area contributed by atoms with Crippen LogP contribution < -0.4 is 4.74 Å². The Hall–Kier alpha value is -1.77. The Morgan fingerprint density at radius 3 is 3.00 bits per heavy atom. The molecule has 2 rings (SSSR count). The maximum Gasteiger partial charge on any atom is 0.347 e. The number of rotatable bonds is 3. The summed E-state index contributed by atoms with van der Waals surface area (Å²) < 4.78 is 5.85. The van der Waals surface area contributed by atoms with Crippen LogP contribution in [0.3, 0.4) is 0 Å². The van der Waals surface area contributed by atoms with Gasteiger partial charge in [0.1, 0.15) is 16.7 Å². The van der Waals surface area contributed by atoms with Crippen LogP contribution in [-0.2, 0) is 0 Å². The predicted octanol–water partition coefficient (Wildman–Crippen LogP) is 3.16. The van der Waals surface area contributed by atoms with Crippen LogP contribution in [0.5, 0.6) is 5.75 Å². The van der Waals surface area contributed by atoms with E-state index in [1.807, 2.05) is 6.07 Å². The van der Waals surface area contributed by atoms with E-state index < -0.39 is 5.97 Å². The van der Waals surface area contributed by atoms with Gasteiger partial charge in [0, 0.05) is 10.1 Å². The fourth-order valence-corrected chi connectivity index (χ4v) is 2.77. The highest BCUT2D eigenvalue weighted by Gasteiger charge is 2.16. The molecule has 0 aliphatic heterocycles. The molecule has 0 saturated carbocycles. The number of halogens is 1. The highest BCUT2D eigenvalue weighted by molar-refractivity contribution is 7.21. The van der Waals surface area contributed by atoms with Gasteiger partial charge in [-0.15, -0.1) is 11.3 Å². The molecule has 2 aromatic rings. The van der Waals surface area contributed by atoms with E-state index in [4.69, 9.17) is 26.7 Å². The summed E-state index contributed by atoms with van der Waals surface area (Å²) in [6, 6.07) is 6.88. The number of carboxylic acid groups (broad SMARTS) is 1. The SMILES string of the molecule is N#CCOc1ccc2c(Cl)c(C(=O)O)sc2c1. The molecule has 6 heteroatoms. The van der Waals surface area contributed by atoms with Gasteiger partial charge < -0.3 is 9.84 Å². The minimum Gasteiger partial charge on any atom is -0.479 e. The summed E-state index contributed by atoms with van der Waals surface area (Å²) in [6.45, 7) is -0.0452. The van der Waals surface area contributed by atoms with Gasteiger partial charge in [0.05, 0.1) is 5.02 Å². The highest BCUT2D eigenvalue weighted by atomic mass is 35.5. The van der Waals surface area contributed by atoms with Crippen molar-refractivity contribution in [2.75, 3.05) is 6.61 Å². The number of fused-ring (bicyclic) bond motifs is 1. The van der Waals surface area contributed by atoms with E-state index in [2.05, 4.69) is 0 Å². The summed E-state index contributed by atoms with van der Waals surface area (Å²) in [5.74, 6) is -0.524. The van der Waals surface area contributed by atoms with Gasteiger partial charge in [0.25, 0.3) is 0 Å². The number of nitrogens with zero attached hydrogens (tertiary/aromatic N) is 1. The van der Waals surface area contributed by atoms with Crippen LogP contribution in [0.2, 0.25) is 5.02 Å². The first-order valence-electron chi connectivity index (χ1n) is 4.58. The molecule has 0 fully saturated rings. The molecule has 17 heavy (non-hydrogen) atoms. The van der Waals surface area contributed by atoms with E-state index in [1.54, 1.807) is 18.2 Å². The maximum atomic E-state index is 10.9. The number of ether oxygens (including phenoxy) is 1. The van der Waals surface area contributed by atoms with Crippen molar-refractivity contribution in [1.82, 2.24) is 0 Å². The number of hydrogen-bond acceptors (Lipinski definition) is 4. The van der Waals surface area contributed by atoms with Gasteiger partial charge in [-0.1, -0.05) is 11.6 Å². The van der Waals surface area contributed by atoms with E-state index in [0.29, 0.717) is 11.1 Å². The van der Waals surface area contributed by atoms with E-state index in [-0.39, 0.29) is 16.5 Å².